The van der Waals surface area contributed by atoms with Gasteiger partial charge in [0, 0.05) is 12.8 Å². The number of rotatable bonds is 34. The molecule has 0 aromatic carbocycles. The number of carbonyl (C=O) groups is 2. The van der Waals surface area contributed by atoms with Crippen LogP contribution < -0.4 is 0 Å². The van der Waals surface area contributed by atoms with Crippen molar-refractivity contribution in [3.63, 3.8) is 0 Å². The smallest absolute Gasteiger partial charge is 0.306 e. The first-order valence-electron chi connectivity index (χ1n) is 19.0. The number of aliphatic carboxylic acids is 1. The molecule has 1 atom stereocenters. The Labute approximate surface area is 273 Å². The van der Waals surface area contributed by atoms with Crippen LogP contribution in [0.2, 0.25) is 0 Å². The standard InChI is InChI=1S/C40H72O4/c1-3-5-7-9-10-11-12-13-14-15-16-17-18-23-26-29-33-37-40(43)44-38(34-30-8-6-4-2)35-31-27-24-21-19-20-22-25-28-32-36-39(41)42/h5,7,10-11,13-14,38H,3-4,6,8-9,12,15-37H2,1-2H3,(H,41,42)/b7-5-,11-10-,14-13-. The van der Waals surface area contributed by atoms with Crippen molar-refractivity contribution in [1.29, 1.82) is 0 Å². The lowest BCUT2D eigenvalue weighted by atomic mass is 10.0. The number of esters is 1. The first kappa shape index (κ1) is 42.2. The van der Waals surface area contributed by atoms with Gasteiger partial charge in [-0.1, -0.05) is 153 Å². The predicted molar refractivity (Wildman–Crippen MR) is 190 cm³/mol. The highest BCUT2D eigenvalue weighted by Crippen LogP contribution is 2.18. The van der Waals surface area contributed by atoms with Crippen molar-refractivity contribution >= 4 is 11.9 Å². The minimum atomic E-state index is -0.676. The van der Waals surface area contributed by atoms with Crippen LogP contribution in [0.15, 0.2) is 36.5 Å². The van der Waals surface area contributed by atoms with E-state index >= 15 is 0 Å². The molecule has 0 aromatic rings. The number of ether oxygens (including phenoxy) is 1. The molecule has 0 saturated heterocycles. The molecule has 0 aliphatic rings. The van der Waals surface area contributed by atoms with Gasteiger partial charge < -0.3 is 9.84 Å². The molecule has 0 aliphatic heterocycles. The lowest BCUT2D eigenvalue weighted by molar-refractivity contribution is -0.150. The summed E-state index contributed by atoms with van der Waals surface area (Å²) >= 11 is 0. The molecule has 0 spiro atoms. The highest BCUT2D eigenvalue weighted by Gasteiger charge is 2.14. The van der Waals surface area contributed by atoms with E-state index in [0.717, 1.165) is 70.6 Å². The highest BCUT2D eigenvalue weighted by atomic mass is 16.5. The van der Waals surface area contributed by atoms with E-state index < -0.39 is 5.97 Å². The van der Waals surface area contributed by atoms with Gasteiger partial charge in [-0.25, -0.2) is 0 Å². The molecule has 4 heteroatoms. The maximum absolute atomic E-state index is 12.6. The van der Waals surface area contributed by atoms with E-state index in [1.807, 2.05) is 0 Å². The van der Waals surface area contributed by atoms with Crippen molar-refractivity contribution in [3.05, 3.63) is 36.5 Å². The van der Waals surface area contributed by atoms with E-state index in [-0.39, 0.29) is 12.1 Å². The molecule has 0 heterocycles. The molecule has 0 rings (SSSR count). The van der Waals surface area contributed by atoms with E-state index in [9.17, 15) is 9.59 Å². The van der Waals surface area contributed by atoms with Gasteiger partial charge in [-0.2, -0.15) is 0 Å². The Kier molecular flexibility index (Phi) is 34.1. The van der Waals surface area contributed by atoms with Crippen LogP contribution in [0.3, 0.4) is 0 Å². The molecule has 44 heavy (non-hydrogen) atoms. The summed E-state index contributed by atoms with van der Waals surface area (Å²) in [6.07, 6.45) is 46.1. The Bertz CT molecular complexity index is 708. The van der Waals surface area contributed by atoms with Crippen LogP contribution in [-0.2, 0) is 14.3 Å². The Balaban J connectivity index is 3.83. The van der Waals surface area contributed by atoms with Gasteiger partial charge in [0.15, 0.2) is 0 Å². The molecule has 0 fully saturated rings. The van der Waals surface area contributed by atoms with Gasteiger partial charge in [0.05, 0.1) is 0 Å². The van der Waals surface area contributed by atoms with Crippen molar-refractivity contribution in [1.82, 2.24) is 0 Å². The van der Waals surface area contributed by atoms with Crippen LogP contribution in [0.25, 0.3) is 0 Å². The Morgan fingerprint density at radius 3 is 1.48 bits per heavy atom. The molecular weight excluding hydrogens is 544 g/mol. The van der Waals surface area contributed by atoms with Crippen molar-refractivity contribution in [2.45, 2.75) is 206 Å². The summed E-state index contributed by atoms with van der Waals surface area (Å²) in [4.78, 5) is 23.1. The third kappa shape index (κ3) is 34.6. The third-order valence-corrected chi connectivity index (χ3v) is 8.38. The number of carboxylic acids is 1. The molecule has 0 radical (unpaired) electrons. The van der Waals surface area contributed by atoms with E-state index in [4.69, 9.17) is 9.84 Å². The molecule has 4 nitrogen and oxygen atoms in total. The second-order valence-electron chi connectivity index (χ2n) is 12.7. The summed E-state index contributed by atoms with van der Waals surface area (Å²) in [5.41, 5.74) is 0. The maximum atomic E-state index is 12.6. The van der Waals surface area contributed by atoms with Gasteiger partial charge >= 0.3 is 11.9 Å². The first-order chi connectivity index (χ1) is 21.6. The van der Waals surface area contributed by atoms with Crippen molar-refractivity contribution in [3.8, 4) is 0 Å². The lowest BCUT2D eigenvalue weighted by Crippen LogP contribution is -2.18. The minimum Gasteiger partial charge on any atom is -0.481 e. The van der Waals surface area contributed by atoms with Crippen LogP contribution in [0, 0.1) is 0 Å². The summed E-state index contributed by atoms with van der Waals surface area (Å²) in [5.74, 6) is -0.655. The van der Waals surface area contributed by atoms with Gasteiger partial charge in [-0.3, -0.25) is 9.59 Å². The summed E-state index contributed by atoms with van der Waals surface area (Å²) in [6, 6.07) is 0. The van der Waals surface area contributed by atoms with Crippen LogP contribution in [-0.4, -0.2) is 23.1 Å². The fourth-order valence-corrected chi connectivity index (χ4v) is 5.61. The van der Waals surface area contributed by atoms with Gasteiger partial charge in [0.1, 0.15) is 6.10 Å². The predicted octanol–water partition coefficient (Wildman–Crippen LogP) is 13.0. The van der Waals surface area contributed by atoms with Crippen LogP contribution in [0.5, 0.6) is 0 Å². The molecule has 0 saturated carbocycles. The topological polar surface area (TPSA) is 63.6 Å². The average Bonchev–Trinajstić information content (AvgIpc) is 3.01. The van der Waals surface area contributed by atoms with Crippen molar-refractivity contribution in [2.24, 2.45) is 0 Å². The second kappa shape index (κ2) is 35.6. The number of carbonyl (C=O) groups excluding carboxylic acids is 1. The van der Waals surface area contributed by atoms with Crippen molar-refractivity contribution < 1.29 is 19.4 Å². The molecule has 1 N–H and O–H groups in total. The normalized spacial score (nSPS) is 12.6. The van der Waals surface area contributed by atoms with E-state index in [1.54, 1.807) is 0 Å². The third-order valence-electron chi connectivity index (χ3n) is 8.38. The molecule has 0 aromatic heterocycles. The van der Waals surface area contributed by atoms with Crippen LogP contribution in [0.1, 0.15) is 200 Å². The van der Waals surface area contributed by atoms with Crippen molar-refractivity contribution in [2.75, 3.05) is 0 Å². The monoisotopic (exact) mass is 617 g/mol. The summed E-state index contributed by atoms with van der Waals surface area (Å²) < 4.78 is 5.98. The summed E-state index contributed by atoms with van der Waals surface area (Å²) in [7, 11) is 0. The largest absolute Gasteiger partial charge is 0.481 e. The minimum absolute atomic E-state index is 0.0212. The fraction of sp³-hybridized carbons (Fsp3) is 0.800. The zero-order valence-corrected chi connectivity index (χ0v) is 29.2. The molecular formula is C40H72O4. The number of hydrogen-bond acceptors (Lipinski definition) is 3. The summed E-state index contributed by atoms with van der Waals surface area (Å²) in [5, 5.41) is 8.69. The van der Waals surface area contributed by atoms with Crippen LogP contribution >= 0.6 is 0 Å². The average molecular weight is 617 g/mol. The maximum Gasteiger partial charge on any atom is 0.306 e. The molecule has 256 valence electrons. The zero-order chi connectivity index (χ0) is 32.2. The van der Waals surface area contributed by atoms with E-state index in [0.29, 0.717) is 12.8 Å². The first-order valence-corrected chi connectivity index (χ1v) is 19.0. The van der Waals surface area contributed by atoms with Gasteiger partial charge in [0.2, 0.25) is 0 Å². The highest BCUT2D eigenvalue weighted by molar-refractivity contribution is 5.69. The van der Waals surface area contributed by atoms with Gasteiger partial charge in [0.25, 0.3) is 0 Å². The molecule has 0 amide bonds. The van der Waals surface area contributed by atoms with Gasteiger partial charge in [-0.05, 0) is 70.6 Å². The molecule has 0 aliphatic carbocycles. The second-order valence-corrected chi connectivity index (χ2v) is 12.7. The molecule has 1 unspecified atom stereocenters. The SMILES string of the molecule is CC/C=C\C/C=C\C/C=C\CCCCCCCCCC(=O)OC(CCCCCC)CCCCCCCCCCCCC(=O)O. The quantitative estimate of drug-likeness (QED) is 0.0444. The number of allylic oxidation sites excluding steroid dienone is 6. The Morgan fingerprint density at radius 2 is 0.955 bits per heavy atom. The number of hydrogen-bond donors (Lipinski definition) is 1. The van der Waals surface area contributed by atoms with E-state index in [1.165, 1.54) is 103 Å². The molecule has 0 bridgehead atoms. The lowest BCUT2D eigenvalue weighted by Gasteiger charge is -2.18. The number of carboxylic acid groups (broad SMARTS) is 1. The summed E-state index contributed by atoms with van der Waals surface area (Å²) in [6.45, 7) is 4.41. The zero-order valence-electron chi connectivity index (χ0n) is 29.2. The number of unbranched alkanes of at least 4 members (excludes halogenated alkanes) is 19. The Hall–Kier alpha value is -1.84. The van der Waals surface area contributed by atoms with Gasteiger partial charge in [-0.15, -0.1) is 0 Å². The fourth-order valence-electron chi connectivity index (χ4n) is 5.61. The van der Waals surface area contributed by atoms with Crippen LogP contribution in [0.4, 0.5) is 0 Å². The Morgan fingerprint density at radius 1 is 0.523 bits per heavy atom. The van der Waals surface area contributed by atoms with E-state index in [2.05, 4.69) is 50.3 Å².